The topological polar surface area (TPSA) is 51.6 Å². The predicted molar refractivity (Wildman–Crippen MR) is 100 cm³/mol. The third kappa shape index (κ3) is 3.47. The predicted octanol–water partition coefficient (Wildman–Crippen LogP) is 5.25. The summed E-state index contributed by atoms with van der Waals surface area (Å²) in [5.41, 5.74) is 5.29. The summed E-state index contributed by atoms with van der Waals surface area (Å²) in [4.78, 5) is 18.1. The van der Waals surface area contributed by atoms with E-state index >= 15 is 0 Å². The van der Waals surface area contributed by atoms with Crippen LogP contribution in [0, 0.1) is 27.7 Å². The zero-order valence-corrected chi connectivity index (χ0v) is 16.2. The maximum atomic E-state index is 6.35. The largest absolute Gasteiger partial charge is 0.233 e. The van der Waals surface area contributed by atoms with Gasteiger partial charge in [-0.3, -0.25) is 0 Å². The third-order valence-corrected chi connectivity index (χ3v) is 4.56. The Labute approximate surface area is 154 Å². The van der Waals surface area contributed by atoms with Crippen molar-refractivity contribution >= 4 is 27.5 Å². The lowest BCUT2D eigenvalue weighted by Gasteiger charge is -2.11. The molecule has 0 N–H and O–H groups in total. The van der Waals surface area contributed by atoms with E-state index in [1.165, 1.54) is 0 Å². The average Bonchev–Trinajstić information content (AvgIpc) is 2.47. The van der Waals surface area contributed by atoms with E-state index in [-0.39, 0.29) is 0 Å². The van der Waals surface area contributed by atoms with E-state index in [0.29, 0.717) is 16.7 Å². The number of aryl methyl sites for hydroxylation is 4. The molecule has 6 heteroatoms. The molecule has 24 heavy (non-hydrogen) atoms. The van der Waals surface area contributed by atoms with E-state index in [2.05, 4.69) is 35.9 Å². The van der Waals surface area contributed by atoms with Gasteiger partial charge in [0.2, 0.25) is 0 Å². The fourth-order valence-corrected chi connectivity index (χ4v) is 3.41. The molecule has 0 bridgehead atoms. The molecule has 0 saturated heterocycles. The van der Waals surface area contributed by atoms with Crippen molar-refractivity contribution in [3.63, 3.8) is 0 Å². The average molecular weight is 404 g/mol. The summed E-state index contributed by atoms with van der Waals surface area (Å²) >= 11 is 10.0. The molecule has 0 radical (unpaired) electrons. The minimum atomic E-state index is 0.591. The first-order valence-electron chi connectivity index (χ1n) is 7.48. The number of benzene rings is 1. The summed E-state index contributed by atoms with van der Waals surface area (Å²) in [6, 6.07) is 7.59. The van der Waals surface area contributed by atoms with Crippen molar-refractivity contribution in [1.82, 2.24) is 19.9 Å². The zero-order valence-electron chi connectivity index (χ0n) is 13.9. The van der Waals surface area contributed by atoms with Crippen molar-refractivity contribution in [2.24, 2.45) is 0 Å². The number of hydrogen-bond acceptors (Lipinski definition) is 4. The number of nitrogens with zero attached hydrogens (tertiary/aromatic N) is 4. The molecule has 0 spiro atoms. The molecule has 122 valence electrons. The molecular formula is C18H16BrClN4. The second-order valence-electron chi connectivity index (χ2n) is 5.76. The van der Waals surface area contributed by atoms with Crippen LogP contribution in [0.3, 0.4) is 0 Å². The highest BCUT2D eigenvalue weighted by atomic mass is 79.9. The molecule has 0 fully saturated rings. The van der Waals surface area contributed by atoms with Gasteiger partial charge >= 0.3 is 0 Å². The van der Waals surface area contributed by atoms with E-state index in [4.69, 9.17) is 11.6 Å². The van der Waals surface area contributed by atoms with Gasteiger partial charge in [0.1, 0.15) is 0 Å². The van der Waals surface area contributed by atoms with Crippen LogP contribution < -0.4 is 0 Å². The second-order valence-corrected chi connectivity index (χ2v) is 6.99. The lowest BCUT2D eigenvalue weighted by molar-refractivity contribution is 1.05. The van der Waals surface area contributed by atoms with Crippen LogP contribution in [-0.4, -0.2) is 19.9 Å². The van der Waals surface area contributed by atoms with E-state index in [9.17, 15) is 0 Å². The molecule has 0 aliphatic carbocycles. The standard InChI is InChI=1S/C18H16BrClN4/c1-9-5-10(2)22-17(21-9)14-7-13(20)8-15(16(14)19)18-23-11(3)6-12(4)24-18/h5-8H,1-4H3. The molecule has 2 aromatic heterocycles. The molecule has 0 unspecified atom stereocenters. The Hall–Kier alpha value is -1.85. The van der Waals surface area contributed by atoms with Gasteiger partial charge in [0.25, 0.3) is 0 Å². The Balaban J connectivity index is 2.25. The number of aromatic nitrogens is 4. The Bertz CT molecular complexity index is 827. The molecule has 0 saturated carbocycles. The van der Waals surface area contributed by atoms with Crippen molar-refractivity contribution in [3.05, 3.63) is 56.5 Å². The quantitative estimate of drug-likeness (QED) is 0.586. The van der Waals surface area contributed by atoms with Crippen LogP contribution in [0.25, 0.3) is 22.8 Å². The molecule has 3 rings (SSSR count). The smallest absolute Gasteiger partial charge is 0.160 e. The van der Waals surface area contributed by atoms with Gasteiger partial charge in [0.15, 0.2) is 11.6 Å². The van der Waals surface area contributed by atoms with Crippen LogP contribution in [0.2, 0.25) is 5.02 Å². The number of hydrogen-bond donors (Lipinski definition) is 0. The second kappa shape index (κ2) is 6.57. The first-order chi connectivity index (χ1) is 11.3. The van der Waals surface area contributed by atoms with E-state index in [1.54, 1.807) is 0 Å². The van der Waals surface area contributed by atoms with Crippen molar-refractivity contribution in [2.45, 2.75) is 27.7 Å². The monoisotopic (exact) mass is 402 g/mol. The van der Waals surface area contributed by atoms with Crippen LogP contribution in [0.5, 0.6) is 0 Å². The molecule has 1 aromatic carbocycles. The van der Waals surface area contributed by atoms with Gasteiger partial charge in [0.05, 0.1) is 0 Å². The highest BCUT2D eigenvalue weighted by molar-refractivity contribution is 9.10. The van der Waals surface area contributed by atoms with Gasteiger partial charge in [-0.2, -0.15) is 0 Å². The van der Waals surface area contributed by atoms with Crippen molar-refractivity contribution in [1.29, 1.82) is 0 Å². The highest BCUT2D eigenvalue weighted by Crippen LogP contribution is 2.37. The van der Waals surface area contributed by atoms with Gasteiger partial charge in [0, 0.05) is 43.4 Å². The first-order valence-corrected chi connectivity index (χ1v) is 8.65. The van der Waals surface area contributed by atoms with Gasteiger partial charge in [-0.05, 0) is 67.9 Å². The molecule has 4 nitrogen and oxygen atoms in total. The SMILES string of the molecule is Cc1cc(C)nc(-c2cc(Cl)cc(-c3nc(C)cc(C)n3)c2Br)n1. The lowest BCUT2D eigenvalue weighted by atomic mass is 10.1. The Morgan fingerprint density at radius 2 is 1.00 bits per heavy atom. The summed E-state index contributed by atoms with van der Waals surface area (Å²) in [6.45, 7) is 7.80. The van der Waals surface area contributed by atoms with Gasteiger partial charge in [-0.25, -0.2) is 19.9 Å². The molecule has 3 aromatic rings. The molecule has 0 aliphatic rings. The summed E-state index contributed by atoms with van der Waals surface area (Å²) in [5, 5.41) is 0.591. The van der Waals surface area contributed by atoms with Gasteiger partial charge in [-0.15, -0.1) is 0 Å². The zero-order chi connectivity index (χ0) is 17.4. The van der Waals surface area contributed by atoms with E-state index in [1.807, 2.05) is 52.0 Å². The Morgan fingerprint density at radius 3 is 1.33 bits per heavy atom. The minimum absolute atomic E-state index is 0.591. The van der Waals surface area contributed by atoms with Crippen molar-refractivity contribution in [2.75, 3.05) is 0 Å². The first kappa shape index (κ1) is 17.0. The van der Waals surface area contributed by atoms with Crippen molar-refractivity contribution in [3.8, 4) is 22.8 Å². The fraction of sp³-hybridized carbons (Fsp3) is 0.222. The highest BCUT2D eigenvalue weighted by Gasteiger charge is 2.16. The molecule has 0 amide bonds. The van der Waals surface area contributed by atoms with Crippen LogP contribution in [0.1, 0.15) is 22.8 Å². The summed E-state index contributed by atoms with van der Waals surface area (Å²) in [5.74, 6) is 1.26. The van der Waals surface area contributed by atoms with Crippen molar-refractivity contribution < 1.29 is 0 Å². The van der Waals surface area contributed by atoms with E-state index < -0.39 is 0 Å². The maximum absolute atomic E-state index is 6.35. The lowest BCUT2D eigenvalue weighted by Crippen LogP contribution is -1.99. The third-order valence-electron chi connectivity index (χ3n) is 3.48. The van der Waals surface area contributed by atoms with Gasteiger partial charge in [-0.1, -0.05) is 11.6 Å². The molecule has 0 atom stereocenters. The number of rotatable bonds is 2. The summed E-state index contributed by atoms with van der Waals surface area (Å²) in [7, 11) is 0. The normalized spacial score (nSPS) is 10.9. The number of halogens is 2. The Morgan fingerprint density at radius 1 is 0.667 bits per heavy atom. The van der Waals surface area contributed by atoms with Crippen LogP contribution >= 0.6 is 27.5 Å². The summed E-state index contributed by atoms with van der Waals surface area (Å²) < 4.78 is 0.835. The van der Waals surface area contributed by atoms with Crippen LogP contribution in [0.4, 0.5) is 0 Å². The molecule has 2 heterocycles. The van der Waals surface area contributed by atoms with Crippen LogP contribution in [0.15, 0.2) is 28.7 Å². The summed E-state index contributed by atoms with van der Waals surface area (Å²) in [6.07, 6.45) is 0. The van der Waals surface area contributed by atoms with Crippen LogP contribution in [-0.2, 0) is 0 Å². The fourth-order valence-electron chi connectivity index (χ4n) is 2.61. The minimum Gasteiger partial charge on any atom is -0.233 e. The van der Waals surface area contributed by atoms with E-state index in [0.717, 1.165) is 38.4 Å². The Kier molecular flexibility index (Phi) is 4.65. The molecule has 0 aliphatic heterocycles. The maximum Gasteiger partial charge on any atom is 0.160 e. The van der Waals surface area contributed by atoms with Gasteiger partial charge < -0.3 is 0 Å². The molecular weight excluding hydrogens is 388 g/mol.